The number of aliphatic hydroxyl groups is 4. The van der Waals surface area contributed by atoms with Crippen LogP contribution in [0, 0.1) is 11.8 Å². The van der Waals surface area contributed by atoms with Gasteiger partial charge in [0.25, 0.3) is 11.8 Å². The van der Waals surface area contributed by atoms with Crippen LogP contribution in [0.3, 0.4) is 0 Å². The van der Waals surface area contributed by atoms with Crippen molar-refractivity contribution in [3.8, 4) is 5.75 Å². The number of H-pyrrole nitrogens is 1. The lowest BCUT2D eigenvalue weighted by atomic mass is 9.93. The van der Waals surface area contributed by atoms with Crippen LogP contribution >= 0.6 is 11.8 Å². The number of amides is 10. The lowest BCUT2D eigenvalue weighted by Crippen LogP contribution is -2.62. The highest BCUT2D eigenvalue weighted by atomic mass is 32.2. The first-order valence-electron chi connectivity index (χ1n) is 33.9. The first kappa shape index (κ1) is 82.8. The molecule has 572 valence electrons. The number of carbonyl (C=O) groups excluding carboxylic acids is 10. The number of carbonyl (C=O) groups is 10. The van der Waals surface area contributed by atoms with Gasteiger partial charge in [-0.05, 0) is 18.1 Å². The molecule has 0 spiro atoms. The van der Waals surface area contributed by atoms with Crippen LogP contribution in [0.4, 0.5) is 0 Å². The molecule has 2 bridgehead atoms. The molecule has 10 amide bonds. The van der Waals surface area contributed by atoms with E-state index in [2.05, 4.69) is 52.5 Å². The van der Waals surface area contributed by atoms with Gasteiger partial charge in [0.2, 0.25) is 52.3 Å². The molecule has 1 fully saturated rings. The number of benzene rings is 1. The number of aliphatic hydroxyl groups excluding tert-OH is 4. The highest BCUT2D eigenvalue weighted by Gasteiger charge is 2.46. The maximum absolute atomic E-state index is 15.4. The first-order valence-corrected chi connectivity index (χ1v) is 36.4. The number of aromatic amines is 1. The zero-order chi connectivity index (χ0) is 74.5. The van der Waals surface area contributed by atoms with Crippen molar-refractivity contribution in [3.63, 3.8) is 0 Å². The zero-order valence-corrected chi connectivity index (χ0v) is 59.6. The van der Waals surface area contributed by atoms with Gasteiger partial charge >= 0.3 is 0 Å². The smallest absolute Gasteiger partial charge is 0.253 e. The molecule has 2 aromatic heterocycles. The van der Waals surface area contributed by atoms with E-state index >= 15 is 4.55 Å². The number of primary amides is 1. The molecule has 0 radical (unpaired) electrons. The molecule has 1 aromatic carbocycles. The number of fused-ring (bicyclic) bond motifs is 5. The van der Waals surface area contributed by atoms with Gasteiger partial charge in [0.05, 0.1) is 163 Å². The molecule has 12 atom stereocenters. The third-order valence-electron chi connectivity index (χ3n) is 17.2. The number of thioether (sulfide) groups is 1. The molecular weight excluding hydrogens is 1400 g/mol. The van der Waals surface area contributed by atoms with E-state index < -0.39 is 176 Å². The van der Waals surface area contributed by atoms with E-state index in [1.54, 1.807) is 36.9 Å². The lowest BCUT2D eigenvalue weighted by molar-refractivity contribution is -0.144. The number of β-amino-alcohol motifs (C(OH)–C–C–N with tert-alkyl or cyclic N) is 1. The second-order valence-electron chi connectivity index (χ2n) is 24.6. The minimum Gasteiger partial charge on any atom is -0.610 e. The summed E-state index contributed by atoms with van der Waals surface area (Å²) < 4.78 is 62.1. The number of rotatable bonds is 36. The van der Waals surface area contributed by atoms with Crippen molar-refractivity contribution in [2.45, 2.75) is 125 Å². The first-order chi connectivity index (χ1) is 49.5. The molecule has 4 aliphatic heterocycles. The average Bonchev–Trinajstić information content (AvgIpc) is 1.62. The topological polar surface area (TPSA) is 512 Å². The van der Waals surface area contributed by atoms with Crippen molar-refractivity contribution in [2.24, 2.45) is 17.6 Å². The molecule has 0 saturated carbocycles. The molecule has 6 heterocycles. The monoisotopic (exact) mass is 1490 g/mol. The molecule has 4 aliphatic rings. The molecular formula is C64H96N14O23S2. The molecule has 39 heteroatoms. The normalized spacial score (nSPS) is 23.7. The van der Waals surface area contributed by atoms with E-state index in [-0.39, 0.29) is 47.9 Å². The van der Waals surface area contributed by atoms with Gasteiger partial charge in [0.15, 0.2) is 0 Å². The largest absolute Gasteiger partial charge is 0.610 e. The van der Waals surface area contributed by atoms with Gasteiger partial charge in [-0.1, -0.05) is 32.4 Å². The number of aromatic nitrogens is 4. The number of ether oxygens (including phenoxy) is 8. The summed E-state index contributed by atoms with van der Waals surface area (Å²) in [5.74, 6) is -10.4. The Labute approximate surface area is 601 Å². The maximum Gasteiger partial charge on any atom is 0.253 e. The van der Waals surface area contributed by atoms with Crippen LogP contribution < -0.4 is 47.7 Å². The summed E-state index contributed by atoms with van der Waals surface area (Å²) >= 11 is -0.967. The Morgan fingerprint density at radius 3 is 1.99 bits per heavy atom. The third kappa shape index (κ3) is 25.1. The Balaban J connectivity index is 0.954. The number of nitrogens with one attached hydrogen (secondary N) is 8. The summed E-state index contributed by atoms with van der Waals surface area (Å²) in [7, 11) is 1.44. The molecule has 14 N–H and O–H groups in total. The third-order valence-corrected chi connectivity index (χ3v) is 19.6. The number of nitrogens with two attached hydrogens (primary N) is 1. The fraction of sp³-hybridized carbons (Fsp3) is 0.656. The predicted octanol–water partition coefficient (Wildman–Crippen LogP) is -5.76. The minimum absolute atomic E-state index is 0.0503. The second-order valence-corrected chi connectivity index (χ2v) is 27.2. The van der Waals surface area contributed by atoms with E-state index in [0.717, 1.165) is 9.80 Å². The van der Waals surface area contributed by atoms with Gasteiger partial charge < -0.3 is 110 Å². The Kier molecular flexibility index (Phi) is 34.1. The fourth-order valence-corrected chi connectivity index (χ4v) is 13.7. The van der Waals surface area contributed by atoms with E-state index in [0.29, 0.717) is 126 Å². The Morgan fingerprint density at radius 2 is 1.39 bits per heavy atom. The zero-order valence-electron chi connectivity index (χ0n) is 58.0. The summed E-state index contributed by atoms with van der Waals surface area (Å²) in [5, 5.41) is 69.7. The Bertz CT molecular complexity index is 3350. The van der Waals surface area contributed by atoms with Crippen molar-refractivity contribution in [1.29, 1.82) is 0 Å². The van der Waals surface area contributed by atoms with E-state index in [1.807, 2.05) is 0 Å². The van der Waals surface area contributed by atoms with Gasteiger partial charge in [-0.3, -0.25) is 58.2 Å². The van der Waals surface area contributed by atoms with Crippen LogP contribution in [0.5, 0.6) is 5.75 Å². The number of hydrogen-bond donors (Lipinski definition) is 13. The van der Waals surface area contributed by atoms with Crippen LogP contribution in [-0.4, -0.2) is 306 Å². The summed E-state index contributed by atoms with van der Waals surface area (Å²) in [6, 6.07) is -6.73. The molecule has 2 unspecified atom stereocenters. The predicted molar refractivity (Wildman–Crippen MR) is 365 cm³/mol. The fourth-order valence-electron chi connectivity index (χ4n) is 11.4. The van der Waals surface area contributed by atoms with Crippen molar-refractivity contribution in [1.82, 2.24) is 67.0 Å². The quantitative estimate of drug-likeness (QED) is 0.0147. The van der Waals surface area contributed by atoms with E-state index in [9.17, 15) is 68.4 Å². The molecule has 37 nitrogen and oxygen atoms in total. The maximum atomic E-state index is 15.4. The highest BCUT2D eigenvalue weighted by Crippen LogP contribution is 2.37. The van der Waals surface area contributed by atoms with Gasteiger partial charge in [-0.15, -0.1) is 5.10 Å². The van der Waals surface area contributed by atoms with E-state index in [1.165, 1.54) is 37.9 Å². The highest BCUT2D eigenvalue weighted by molar-refractivity contribution is 7.98. The molecule has 1 saturated heterocycles. The molecule has 3 aromatic rings. The summed E-state index contributed by atoms with van der Waals surface area (Å²) in [4.78, 5) is 142. The van der Waals surface area contributed by atoms with E-state index in [4.69, 9.17) is 43.6 Å². The second kappa shape index (κ2) is 42.5. The van der Waals surface area contributed by atoms with Crippen LogP contribution in [0.2, 0.25) is 0 Å². The van der Waals surface area contributed by atoms with Gasteiger partial charge in [0, 0.05) is 76.7 Å². The Hall–Kier alpha value is -7.48. The average molecular weight is 1490 g/mol. The number of imide groups is 1. The van der Waals surface area contributed by atoms with Crippen molar-refractivity contribution < 1.29 is 111 Å². The number of methoxy groups -OCH3 is 1. The molecule has 103 heavy (non-hydrogen) atoms. The lowest BCUT2D eigenvalue weighted by Gasteiger charge is -2.33. The number of nitrogens with zero attached hydrogens (tertiary/aromatic N) is 5. The van der Waals surface area contributed by atoms with Crippen LogP contribution in [0.25, 0.3) is 10.9 Å². The molecule has 7 rings (SSSR count). The molecule has 0 aliphatic carbocycles. The van der Waals surface area contributed by atoms with Crippen LogP contribution in [0.15, 0.2) is 35.5 Å². The van der Waals surface area contributed by atoms with Crippen LogP contribution in [0.1, 0.15) is 56.9 Å². The van der Waals surface area contributed by atoms with Crippen molar-refractivity contribution >= 4 is 92.9 Å². The summed E-state index contributed by atoms with van der Waals surface area (Å²) in [5.41, 5.74) is 7.13. The summed E-state index contributed by atoms with van der Waals surface area (Å²) in [6.45, 7) is 7.23. The van der Waals surface area contributed by atoms with Crippen LogP contribution in [-0.2, 0) is 118 Å². The van der Waals surface area contributed by atoms with Gasteiger partial charge in [-0.2, -0.15) is 11.8 Å². The minimum atomic E-state index is -2.41. The van der Waals surface area contributed by atoms with Crippen molar-refractivity contribution in [3.05, 3.63) is 47.3 Å². The van der Waals surface area contributed by atoms with Gasteiger partial charge in [0.1, 0.15) is 59.7 Å². The standard InChI is InChI=1S/C64H96N14O23S2/c1-5-37(2)55-61(90)67-29-51(83)68-46-36-103(93)63-42(27-44(58(87)66-30-52(84)71-55)69-62(91)56(38(3)48(81)34-79)72-60(89)47-26-40(80)33-77(47)64(92)45(28-50(65)82)70-59(46)88)41-6-7-49(94-4)43(57(41)73-63)35-102-25-24-101-23-22-100-21-20-99-19-18-98-17-16-97-15-14-96-13-12-95-11-10-76-31-39(74-75-76)32-78-53(85)8-9-54(78)86/h6-9,31,37-38,40,44-48,51,55-56,68,73,79-81,83H,5,10-30,32-36H2,1-4H3,(H2,65,82)(H,66,87)(H,67,90)(H,69,91)(H,70,88)(H,71,84)(H,72,89)/t37-,38-,40+,44-,45-,46-,47-,48-,51?,55-,56-,103?/m0/s1. The SMILES string of the molecule is CC[C@H](C)[C@@H]1NC(=O)CNC(=O)[C@@H]2Cc3c([nH]c4c(CSCCOCCOCCOCCOCCOCCOCCOCCn5cc(CN6C(=O)C=CC6=O)nn5)c(OC)ccc34)[S+]([O-])C[C@H](NC(O)CNC1=O)C(=O)N[C@@H](CC(N)=O)C(=O)N1C[C@H](O)C[C@H]1C(=O)N[C@@H]([C@@H](C)[C@@H](O)CO)C(=O)N2. The Morgan fingerprint density at radius 1 is 0.767 bits per heavy atom. The van der Waals surface area contributed by atoms with Crippen molar-refractivity contribution in [2.75, 3.05) is 137 Å². The van der Waals surface area contributed by atoms with Gasteiger partial charge in [-0.25, -0.2) is 4.68 Å². The number of hydrogen-bond acceptors (Lipinski definition) is 27. The summed E-state index contributed by atoms with van der Waals surface area (Å²) in [6.07, 6.45) is -2.19.